The van der Waals surface area contributed by atoms with Gasteiger partial charge in [-0.1, -0.05) is 0 Å². The molecular weight excluding hydrogens is 216 g/mol. The predicted octanol–water partition coefficient (Wildman–Crippen LogP) is 1.89. The summed E-state index contributed by atoms with van der Waals surface area (Å²) in [7, 11) is 1.85. The summed E-state index contributed by atoms with van der Waals surface area (Å²) in [4.78, 5) is 8.24. The molecule has 94 valence electrons. The maximum atomic E-state index is 5.68. The van der Waals surface area contributed by atoms with Crippen molar-refractivity contribution in [3.8, 4) is 0 Å². The van der Waals surface area contributed by atoms with Crippen LogP contribution in [0.15, 0.2) is 12.4 Å². The SMILES string of the molecule is CNc1cc(NCCC2CCCCO2)ncn1. The number of nitrogens with one attached hydrogen (secondary N) is 2. The first kappa shape index (κ1) is 12.1. The molecule has 0 amide bonds. The van der Waals surface area contributed by atoms with Crippen LogP contribution >= 0.6 is 0 Å². The highest BCUT2D eigenvalue weighted by Crippen LogP contribution is 2.15. The van der Waals surface area contributed by atoms with E-state index in [2.05, 4.69) is 20.6 Å². The number of hydrogen-bond acceptors (Lipinski definition) is 5. The summed E-state index contributed by atoms with van der Waals surface area (Å²) in [5.74, 6) is 1.69. The molecule has 17 heavy (non-hydrogen) atoms. The minimum absolute atomic E-state index is 0.418. The molecule has 1 atom stereocenters. The molecule has 5 nitrogen and oxygen atoms in total. The van der Waals surface area contributed by atoms with Crippen LogP contribution in [0.3, 0.4) is 0 Å². The molecule has 0 spiro atoms. The fourth-order valence-electron chi connectivity index (χ4n) is 1.99. The third kappa shape index (κ3) is 3.85. The second-order valence-electron chi connectivity index (χ2n) is 4.24. The van der Waals surface area contributed by atoms with Gasteiger partial charge in [0.1, 0.15) is 18.0 Å². The second kappa shape index (κ2) is 6.39. The third-order valence-corrected chi connectivity index (χ3v) is 2.97. The van der Waals surface area contributed by atoms with Crippen LogP contribution in [-0.4, -0.2) is 36.3 Å². The van der Waals surface area contributed by atoms with Crippen LogP contribution in [0.2, 0.25) is 0 Å². The van der Waals surface area contributed by atoms with Crippen molar-refractivity contribution < 1.29 is 4.74 Å². The standard InChI is InChI=1S/C12H20N4O/c1-13-11-8-12(16-9-15-11)14-6-5-10-4-2-3-7-17-10/h8-10H,2-7H2,1H3,(H2,13,14,15,16). The van der Waals surface area contributed by atoms with E-state index in [0.29, 0.717) is 6.10 Å². The topological polar surface area (TPSA) is 59.1 Å². The van der Waals surface area contributed by atoms with Gasteiger partial charge in [0.2, 0.25) is 0 Å². The Hall–Kier alpha value is -1.36. The van der Waals surface area contributed by atoms with Crippen molar-refractivity contribution in [1.82, 2.24) is 9.97 Å². The fourth-order valence-corrected chi connectivity index (χ4v) is 1.99. The van der Waals surface area contributed by atoms with Crippen molar-refractivity contribution in [3.05, 3.63) is 12.4 Å². The summed E-state index contributed by atoms with van der Waals surface area (Å²) < 4.78 is 5.68. The maximum absolute atomic E-state index is 5.68. The van der Waals surface area contributed by atoms with E-state index in [0.717, 1.165) is 31.2 Å². The Morgan fingerprint density at radius 2 is 2.24 bits per heavy atom. The largest absolute Gasteiger partial charge is 0.378 e. The maximum Gasteiger partial charge on any atom is 0.131 e. The van der Waals surface area contributed by atoms with Gasteiger partial charge in [-0.3, -0.25) is 0 Å². The van der Waals surface area contributed by atoms with Crippen LogP contribution < -0.4 is 10.6 Å². The Morgan fingerprint density at radius 3 is 3.00 bits per heavy atom. The lowest BCUT2D eigenvalue weighted by molar-refractivity contribution is 0.0134. The Bertz CT molecular complexity index is 339. The fraction of sp³-hybridized carbons (Fsp3) is 0.667. The molecule has 2 heterocycles. The van der Waals surface area contributed by atoms with E-state index in [1.807, 2.05) is 13.1 Å². The zero-order chi connectivity index (χ0) is 11.9. The van der Waals surface area contributed by atoms with Gasteiger partial charge in [-0.25, -0.2) is 9.97 Å². The van der Waals surface area contributed by atoms with Gasteiger partial charge in [-0.05, 0) is 25.7 Å². The van der Waals surface area contributed by atoms with Gasteiger partial charge in [0.15, 0.2) is 0 Å². The van der Waals surface area contributed by atoms with Crippen LogP contribution in [-0.2, 0) is 4.74 Å². The van der Waals surface area contributed by atoms with Gasteiger partial charge in [0, 0.05) is 26.3 Å². The van der Waals surface area contributed by atoms with Crippen LogP contribution in [0.25, 0.3) is 0 Å². The quantitative estimate of drug-likeness (QED) is 0.817. The molecule has 0 radical (unpaired) electrons. The highest BCUT2D eigenvalue weighted by atomic mass is 16.5. The first-order valence-corrected chi connectivity index (χ1v) is 6.24. The summed E-state index contributed by atoms with van der Waals surface area (Å²) in [5, 5.41) is 6.29. The third-order valence-electron chi connectivity index (χ3n) is 2.97. The Kier molecular flexibility index (Phi) is 4.55. The van der Waals surface area contributed by atoms with Crippen molar-refractivity contribution >= 4 is 11.6 Å². The molecule has 0 aliphatic carbocycles. The average Bonchev–Trinajstić information content (AvgIpc) is 2.40. The second-order valence-corrected chi connectivity index (χ2v) is 4.24. The van der Waals surface area contributed by atoms with E-state index in [-0.39, 0.29) is 0 Å². The molecule has 2 rings (SSSR count). The monoisotopic (exact) mass is 236 g/mol. The molecule has 1 fully saturated rings. The summed E-state index contributed by atoms with van der Waals surface area (Å²) in [6.07, 6.45) is 6.71. The smallest absolute Gasteiger partial charge is 0.131 e. The van der Waals surface area contributed by atoms with Gasteiger partial charge in [-0.15, -0.1) is 0 Å². The van der Waals surface area contributed by atoms with Gasteiger partial charge < -0.3 is 15.4 Å². The highest BCUT2D eigenvalue weighted by molar-refractivity contribution is 5.45. The number of anilines is 2. The minimum atomic E-state index is 0.418. The zero-order valence-electron chi connectivity index (χ0n) is 10.3. The summed E-state index contributed by atoms with van der Waals surface area (Å²) in [6.45, 7) is 1.81. The molecule has 0 bridgehead atoms. The van der Waals surface area contributed by atoms with Crippen molar-refractivity contribution in [1.29, 1.82) is 0 Å². The molecule has 1 unspecified atom stereocenters. The van der Waals surface area contributed by atoms with Gasteiger partial charge in [0.05, 0.1) is 6.10 Å². The van der Waals surface area contributed by atoms with Crippen LogP contribution in [0.1, 0.15) is 25.7 Å². The summed E-state index contributed by atoms with van der Waals surface area (Å²) >= 11 is 0. The molecule has 1 aromatic rings. The molecule has 1 saturated heterocycles. The van der Waals surface area contributed by atoms with Gasteiger partial charge in [0.25, 0.3) is 0 Å². The van der Waals surface area contributed by atoms with Crippen molar-refractivity contribution in [2.75, 3.05) is 30.8 Å². The first-order chi connectivity index (χ1) is 8.38. The molecule has 1 aliphatic rings. The van der Waals surface area contributed by atoms with E-state index < -0.39 is 0 Å². The Morgan fingerprint density at radius 1 is 1.35 bits per heavy atom. The zero-order valence-corrected chi connectivity index (χ0v) is 10.3. The lowest BCUT2D eigenvalue weighted by Gasteiger charge is -2.22. The molecule has 0 saturated carbocycles. The number of ether oxygens (including phenoxy) is 1. The van der Waals surface area contributed by atoms with Gasteiger partial charge >= 0.3 is 0 Å². The molecule has 2 N–H and O–H groups in total. The average molecular weight is 236 g/mol. The molecule has 5 heteroatoms. The van der Waals surface area contributed by atoms with Crippen LogP contribution in [0.4, 0.5) is 11.6 Å². The molecule has 1 aliphatic heterocycles. The van der Waals surface area contributed by atoms with Crippen LogP contribution in [0, 0.1) is 0 Å². The Labute approximate surface area is 102 Å². The predicted molar refractivity (Wildman–Crippen MR) is 68.3 cm³/mol. The lowest BCUT2D eigenvalue weighted by atomic mass is 10.1. The van der Waals surface area contributed by atoms with E-state index in [4.69, 9.17) is 4.74 Å². The molecule has 0 aromatic carbocycles. The Balaban J connectivity index is 1.73. The molecular formula is C12H20N4O. The lowest BCUT2D eigenvalue weighted by Crippen LogP contribution is -2.22. The number of nitrogens with zero attached hydrogens (tertiary/aromatic N) is 2. The van der Waals surface area contributed by atoms with Crippen molar-refractivity contribution in [2.45, 2.75) is 31.8 Å². The normalized spacial score (nSPS) is 19.9. The number of hydrogen-bond donors (Lipinski definition) is 2. The van der Waals surface area contributed by atoms with Crippen LogP contribution in [0.5, 0.6) is 0 Å². The van der Waals surface area contributed by atoms with E-state index in [1.165, 1.54) is 19.3 Å². The van der Waals surface area contributed by atoms with E-state index in [1.54, 1.807) is 6.33 Å². The van der Waals surface area contributed by atoms with Crippen molar-refractivity contribution in [2.24, 2.45) is 0 Å². The highest BCUT2D eigenvalue weighted by Gasteiger charge is 2.12. The minimum Gasteiger partial charge on any atom is -0.378 e. The summed E-state index contributed by atoms with van der Waals surface area (Å²) in [6, 6.07) is 1.90. The number of rotatable bonds is 5. The van der Waals surface area contributed by atoms with E-state index >= 15 is 0 Å². The van der Waals surface area contributed by atoms with E-state index in [9.17, 15) is 0 Å². The summed E-state index contributed by atoms with van der Waals surface area (Å²) in [5.41, 5.74) is 0. The number of aromatic nitrogens is 2. The first-order valence-electron chi connectivity index (χ1n) is 6.24. The van der Waals surface area contributed by atoms with Gasteiger partial charge in [-0.2, -0.15) is 0 Å². The van der Waals surface area contributed by atoms with Crippen molar-refractivity contribution in [3.63, 3.8) is 0 Å². The molecule has 1 aromatic heterocycles.